The number of aromatic nitrogens is 1. The third kappa shape index (κ3) is 5.90. The average Bonchev–Trinajstić information content (AvgIpc) is 3.58. The number of fused-ring (bicyclic) bond motifs is 1. The maximum atomic E-state index is 12.9. The highest BCUT2D eigenvalue weighted by atomic mass is 32.2. The van der Waals surface area contributed by atoms with Gasteiger partial charge in [-0.05, 0) is 73.4 Å². The van der Waals surface area contributed by atoms with Crippen molar-refractivity contribution >= 4 is 26.8 Å². The Labute approximate surface area is 218 Å². The summed E-state index contributed by atoms with van der Waals surface area (Å²) in [6.45, 7) is 3.31. The standard InChI is InChI=1S/C28H36N4O4S/c29-28(33)25-17-22(20-6-2-1-3-7-20)16-24-26(19-31-27(24)25)21-9-12-32(13-10-21)37(34,35)15-5-11-30-18-23-8-4-14-36-23/h1-3,6-7,16-17,19,21,23,30-31H,4-5,8-15,18H2,(H2,29,33)/t23-/m1/s1. The molecule has 2 aliphatic heterocycles. The largest absolute Gasteiger partial charge is 0.377 e. The van der Waals surface area contributed by atoms with Crippen LogP contribution in [0.4, 0.5) is 0 Å². The summed E-state index contributed by atoms with van der Waals surface area (Å²) in [6.07, 6.45) is 6.48. The lowest BCUT2D eigenvalue weighted by molar-refractivity contribution is 0.100. The second-order valence-electron chi connectivity index (χ2n) is 10.1. The van der Waals surface area contributed by atoms with Gasteiger partial charge in [0.05, 0.1) is 22.9 Å². The van der Waals surface area contributed by atoms with Crippen LogP contribution in [0.25, 0.3) is 22.0 Å². The number of ether oxygens (including phenoxy) is 1. The normalized spacial score (nSPS) is 19.5. The fraction of sp³-hybridized carbons (Fsp3) is 0.464. The first kappa shape index (κ1) is 25.9. The SMILES string of the molecule is NC(=O)c1cc(-c2ccccc2)cc2c(C3CCN(S(=O)(=O)CCCNC[C@H]4CCCO4)CC3)c[nH]c12. The van der Waals surface area contributed by atoms with Crippen molar-refractivity contribution in [2.45, 2.75) is 44.1 Å². The van der Waals surface area contributed by atoms with Crippen LogP contribution >= 0.6 is 0 Å². The Kier molecular flexibility index (Phi) is 7.95. The van der Waals surface area contributed by atoms with Gasteiger partial charge in [-0.2, -0.15) is 0 Å². The molecule has 2 fully saturated rings. The van der Waals surface area contributed by atoms with Gasteiger partial charge in [-0.1, -0.05) is 30.3 Å². The number of rotatable bonds is 10. The number of aromatic amines is 1. The topological polar surface area (TPSA) is 118 Å². The fourth-order valence-electron chi connectivity index (χ4n) is 5.60. The molecule has 8 nitrogen and oxygen atoms in total. The van der Waals surface area contributed by atoms with Crippen LogP contribution in [0.15, 0.2) is 48.7 Å². The van der Waals surface area contributed by atoms with Crippen molar-refractivity contribution in [2.75, 3.05) is 38.5 Å². The van der Waals surface area contributed by atoms with Gasteiger partial charge in [0, 0.05) is 37.8 Å². The molecule has 1 aromatic heterocycles. The Balaban J connectivity index is 1.23. The van der Waals surface area contributed by atoms with E-state index in [0.29, 0.717) is 31.6 Å². The van der Waals surface area contributed by atoms with Crippen molar-refractivity contribution in [1.82, 2.24) is 14.6 Å². The van der Waals surface area contributed by atoms with E-state index >= 15 is 0 Å². The Bertz CT molecular complexity index is 1320. The van der Waals surface area contributed by atoms with E-state index < -0.39 is 15.9 Å². The zero-order valence-electron chi connectivity index (χ0n) is 21.1. The number of sulfonamides is 1. The van der Waals surface area contributed by atoms with Gasteiger partial charge in [-0.3, -0.25) is 4.79 Å². The van der Waals surface area contributed by atoms with E-state index in [1.54, 1.807) is 4.31 Å². The molecule has 4 N–H and O–H groups in total. The monoisotopic (exact) mass is 524 g/mol. The van der Waals surface area contributed by atoms with E-state index in [2.05, 4.69) is 16.4 Å². The number of piperidine rings is 1. The van der Waals surface area contributed by atoms with Crippen LogP contribution in [0, 0.1) is 0 Å². The first-order valence-electron chi connectivity index (χ1n) is 13.2. The number of hydrogen-bond donors (Lipinski definition) is 3. The van der Waals surface area contributed by atoms with Gasteiger partial charge in [0.1, 0.15) is 0 Å². The molecule has 9 heteroatoms. The van der Waals surface area contributed by atoms with E-state index in [4.69, 9.17) is 10.5 Å². The van der Waals surface area contributed by atoms with Gasteiger partial charge in [-0.15, -0.1) is 0 Å². The Morgan fingerprint density at radius 2 is 1.89 bits per heavy atom. The molecule has 3 aromatic rings. The number of nitrogens with one attached hydrogen (secondary N) is 2. The van der Waals surface area contributed by atoms with E-state index in [1.165, 1.54) is 0 Å². The number of hydrogen-bond acceptors (Lipinski definition) is 5. The van der Waals surface area contributed by atoms with Crippen molar-refractivity contribution in [3.8, 4) is 11.1 Å². The van der Waals surface area contributed by atoms with Crippen LogP contribution in [-0.4, -0.2) is 68.3 Å². The lowest BCUT2D eigenvalue weighted by atomic mass is 9.88. The molecule has 5 rings (SSSR count). The molecule has 3 heterocycles. The van der Waals surface area contributed by atoms with Crippen LogP contribution < -0.4 is 11.1 Å². The Hall–Kier alpha value is -2.72. The summed E-state index contributed by atoms with van der Waals surface area (Å²) in [5, 5.41) is 4.31. The van der Waals surface area contributed by atoms with Crippen molar-refractivity contribution in [2.24, 2.45) is 5.73 Å². The van der Waals surface area contributed by atoms with Crippen molar-refractivity contribution < 1.29 is 17.9 Å². The molecular formula is C28H36N4O4S. The quantitative estimate of drug-likeness (QED) is 0.350. The third-order valence-electron chi connectivity index (χ3n) is 7.63. The predicted molar refractivity (Wildman–Crippen MR) is 146 cm³/mol. The molecule has 0 aliphatic carbocycles. The smallest absolute Gasteiger partial charge is 0.250 e. The summed E-state index contributed by atoms with van der Waals surface area (Å²) in [7, 11) is -3.29. The minimum absolute atomic E-state index is 0.158. The predicted octanol–water partition coefficient (Wildman–Crippen LogP) is 3.60. The first-order valence-corrected chi connectivity index (χ1v) is 14.8. The Morgan fingerprint density at radius 1 is 1.11 bits per heavy atom. The summed E-state index contributed by atoms with van der Waals surface area (Å²) in [4.78, 5) is 15.5. The molecule has 1 atom stereocenters. The number of nitrogens with zero attached hydrogens (tertiary/aromatic N) is 1. The molecule has 0 unspecified atom stereocenters. The van der Waals surface area contributed by atoms with E-state index in [-0.39, 0.29) is 17.8 Å². The number of carbonyl (C=O) groups is 1. The van der Waals surface area contributed by atoms with Crippen LogP contribution in [0.3, 0.4) is 0 Å². The molecule has 2 saturated heterocycles. The number of H-pyrrole nitrogens is 1. The van der Waals surface area contributed by atoms with Crippen molar-refractivity contribution in [3.05, 3.63) is 59.8 Å². The van der Waals surface area contributed by atoms with Gasteiger partial charge < -0.3 is 20.8 Å². The number of benzene rings is 2. The van der Waals surface area contributed by atoms with Gasteiger partial charge in [0.15, 0.2) is 0 Å². The number of nitrogens with two attached hydrogens (primary N) is 1. The summed E-state index contributed by atoms with van der Waals surface area (Å²) >= 11 is 0. The summed E-state index contributed by atoms with van der Waals surface area (Å²) in [5.41, 5.74) is 10.0. The first-order chi connectivity index (χ1) is 17.9. The lowest BCUT2D eigenvalue weighted by Crippen LogP contribution is -2.39. The lowest BCUT2D eigenvalue weighted by Gasteiger charge is -2.31. The maximum Gasteiger partial charge on any atom is 0.250 e. The number of carbonyl (C=O) groups excluding carboxylic acids is 1. The number of primary amides is 1. The molecule has 0 saturated carbocycles. The molecule has 0 radical (unpaired) electrons. The molecule has 0 bridgehead atoms. The second-order valence-corrected chi connectivity index (χ2v) is 12.2. The maximum absolute atomic E-state index is 12.9. The fourth-order valence-corrected chi connectivity index (χ4v) is 7.14. The molecule has 2 aromatic carbocycles. The minimum Gasteiger partial charge on any atom is -0.377 e. The van der Waals surface area contributed by atoms with Crippen molar-refractivity contribution in [3.63, 3.8) is 0 Å². The van der Waals surface area contributed by atoms with Crippen LogP contribution in [0.5, 0.6) is 0 Å². The van der Waals surface area contributed by atoms with E-state index in [1.807, 2.05) is 42.6 Å². The van der Waals surface area contributed by atoms with Crippen LogP contribution in [0.2, 0.25) is 0 Å². The molecule has 37 heavy (non-hydrogen) atoms. The van der Waals surface area contributed by atoms with Gasteiger partial charge in [-0.25, -0.2) is 12.7 Å². The van der Waals surface area contributed by atoms with Gasteiger partial charge in [0.25, 0.3) is 5.91 Å². The molecule has 2 aliphatic rings. The summed E-state index contributed by atoms with van der Waals surface area (Å²) in [5.74, 6) is -0.103. The van der Waals surface area contributed by atoms with Crippen LogP contribution in [0.1, 0.15) is 53.9 Å². The zero-order chi connectivity index (χ0) is 25.8. The molecular weight excluding hydrogens is 488 g/mol. The molecule has 198 valence electrons. The zero-order valence-corrected chi connectivity index (χ0v) is 21.9. The molecule has 0 spiro atoms. The van der Waals surface area contributed by atoms with Gasteiger partial charge >= 0.3 is 0 Å². The highest BCUT2D eigenvalue weighted by Crippen LogP contribution is 2.37. The summed E-state index contributed by atoms with van der Waals surface area (Å²) < 4.78 is 33.1. The van der Waals surface area contributed by atoms with E-state index in [9.17, 15) is 13.2 Å². The number of amides is 1. The van der Waals surface area contributed by atoms with Gasteiger partial charge in [0.2, 0.25) is 10.0 Å². The van der Waals surface area contributed by atoms with E-state index in [0.717, 1.165) is 66.4 Å². The van der Waals surface area contributed by atoms with Crippen LogP contribution in [-0.2, 0) is 14.8 Å². The highest BCUT2D eigenvalue weighted by Gasteiger charge is 2.30. The molecule has 1 amide bonds. The Morgan fingerprint density at radius 3 is 2.59 bits per heavy atom. The highest BCUT2D eigenvalue weighted by molar-refractivity contribution is 7.89. The average molecular weight is 525 g/mol. The second kappa shape index (κ2) is 11.3. The third-order valence-corrected chi connectivity index (χ3v) is 9.59. The minimum atomic E-state index is -3.29. The summed E-state index contributed by atoms with van der Waals surface area (Å²) in [6, 6.07) is 13.9. The van der Waals surface area contributed by atoms with Crippen molar-refractivity contribution in [1.29, 1.82) is 0 Å².